The third-order valence-electron chi connectivity index (χ3n) is 1.83. The number of anilines is 1. The summed E-state index contributed by atoms with van der Waals surface area (Å²) in [5.41, 5.74) is 1.84. The molecule has 0 saturated heterocycles. The van der Waals surface area contributed by atoms with Crippen LogP contribution in [0, 0.1) is 6.92 Å². The molecule has 76 valence electrons. The maximum Gasteiger partial charge on any atom is 0.221 e. The number of carbonyl (C=O) groups is 1. The van der Waals surface area contributed by atoms with Crippen LogP contribution in [0.3, 0.4) is 0 Å². The van der Waals surface area contributed by atoms with Gasteiger partial charge in [-0.1, -0.05) is 6.07 Å². The Kier molecular flexibility index (Phi) is 3.51. The van der Waals surface area contributed by atoms with Crippen LogP contribution in [0.5, 0.6) is 5.75 Å². The van der Waals surface area contributed by atoms with Gasteiger partial charge in [-0.25, -0.2) is 0 Å². The molecule has 3 nitrogen and oxygen atoms in total. The van der Waals surface area contributed by atoms with Gasteiger partial charge in [-0.3, -0.25) is 4.79 Å². The SMILES string of the molecule is CCOc1ccc(C)c(NC(C)=O)c1. The Morgan fingerprint density at radius 3 is 2.79 bits per heavy atom. The van der Waals surface area contributed by atoms with Crippen LogP contribution in [-0.4, -0.2) is 12.5 Å². The summed E-state index contributed by atoms with van der Waals surface area (Å²) in [4.78, 5) is 10.9. The average molecular weight is 193 g/mol. The summed E-state index contributed by atoms with van der Waals surface area (Å²) in [5.74, 6) is 0.712. The minimum Gasteiger partial charge on any atom is -0.494 e. The number of amides is 1. The Hall–Kier alpha value is -1.51. The molecular weight excluding hydrogens is 178 g/mol. The van der Waals surface area contributed by atoms with Crippen LogP contribution in [0.1, 0.15) is 19.4 Å². The molecule has 0 bridgehead atoms. The number of hydrogen-bond acceptors (Lipinski definition) is 2. The monoisotopic (exact) mass is 193 g/mol. The Bertz CT molecular complexity index is 334. The minimum absolute atomic E-state index is 0.0678. The van der Waals surface area contributed by atoms with Gasteiger partial charge in [0.05, 0.1) is 6.61 Å². The lowest BCUT2D eigenvalue weighted by molar-refractivity contribution is -0.114. The number of aryl methyl sites for hydroxylation is 1. The van der Waals surface area contributed by atoms with Crippen molar-refractivity contribution in [2.24, 2.45) is 0 Å². The van der Waals surface area contributed by atoms with Crippen molar-refractivity contribution in [1.29, 1.82) is 0 Å². The molecule has 0 atom stereocenters. The number of ether oxygens (including phenoxy) is 1. The lowest BCUT2D eigenvalue weighted by atomic mass is 10.2. The zero-order chi connectivity index (χ0) is 10.6. The number of hydrogen-bond donors (Lipinski definition) is 1. The van der Waals surface area contributed by atoms with E-state index in [-0.39, 0.29) is 5.91 Å². The van der Waals surface area contributed by atoms with E-state index in [1.165, 1.54) is 6.92 Å². The van der Waals surface area contributed by atoms with Gasteiger partial charge in [-0.05, 0) is 25.5 Å². The molecule has 1 rings (SSSR count). The molecule has 1 aromatic rings. The van der Waals surface area contributed by atoms with E-state index in [4.69, 9.17) is 4.74 Å². The summed E-state index contributed by atoms with van der Waals surface area (Å²) in [7, 11) is 0. The zero-order valence-electron chi connectivity index (χ0n) is 8.76. The predicted molar refractivity (Wildman–Crippen MR) is 56.7 cm³/mol. The molecule has 1 aromatic carbocycles. The van der Waals surface area contributed by atoms with E-state index in [2.05, 4.69) is 5.32 Å². The van der Waals surface area contributed by atoms with Gasteiger partial charge in [0, 0.05) is 18.7 Å². The van der Waals surface area contributed by atoms with Crippen LogP contribution in [-0.2, 0) is 4.79 Å². The van der Waals surface area contributed by atoms with E-state index >= 15 is 0 Å². The summed E-state index contributed by atoms with van der Waals surface area (Å²) >= 11 is 0. The molecule has 1 N–H and O–H groups in total. The van der Waals surface area contributed by atoms with Crippen molar-refractivity contribution in [1.82, 2.24) is 0 Å². The minimum atomic E-state index is -0.0678. The highest BCUT2D eigenvalue weighted by atomic mass is 16.5. The molecule has 0 saturated carbocycles. The lowest BCUT2D eigenvalue weighted by Gasteiger charge is -2.09. The van der Waals surface area contributed by atoms with Crippen molar-refractivity contribution >= 4 is 11.6 Å². The first kappa shape index (κ1) is 10.6. The van der Waals surface area contributed by atoms with Crippen LogP contribution in [0.2, 0.25) is 0 Å². The highest BCUT2D eigenvalue weighted by molar-refractivity contribution is 5.89. The predicted octanol–water partition coefficient (Wildman–Crippen LogP) is 2.35. The van der Waals surface area contributed by atoms with Crippen LogP contribution >= 0.6 is 0 Å². The fourth-order valence-corrected chi connectivity index (χ4v) is 1.18. The van der Waals surface area contributed by atoms with Gasteiger partial charge in [-0.2, -0.15) is 0 Å². The summed E-state index contributed by atoms with van der Waals surface area (Å²) < 4.78 is 5.33. The van der Waals surface area contributed by atoms with Crippen molar-refractivity contribution < 1.29 is 9.53 Å². The van der Waals surface area contributed by atoms with Crippen molar-refractivity contribution in [2.45, 2.75) is 20.8 Å². The molecular formula is C11H15NO2. The average Bonchev–Trinajstić information content (AvgIpc) is 2.10. The van der Waals surface area contributed by atoms with Gasteiger partial charge in [0.15, 0.2) is 0 Å². The van der Waals surface area contributed by atoms with Gasteiger partial charge in [-0.15, -0.1) is 0 Å². The van der Waals surface area contributed by atoms with E-state index in [1.807, 2.05) is 32.0 Å². The molecule has 0 heterocycles. The first-order valence-electron chi connectivity index (χ1n) is 4.64. The third kappa shape index (κ3) is 2.76. The highest BCUT2D eigenvalue weighted by Crippen LogP contribution is 2.21. The Morgan fingerprint density at radius 1 is 1.50 bits per heavy atom. The lowest BCUT2D eigenvalue weighted by Crippen LogP contribution is -2.07. The van der Waals surface area contributed by atoms with Crippen LogP contribution in [0.4, 0.5) is 5.69 Å². The number of rotatable bonds is 3. The first-order valence-corrected chi connectivity index (χ1v) is 4.64. The van der Waals surface area contributed by atoms with E-state index in [9.17, 15) is 4.79 Å². The van der Waals surface area contributed by atoms with Gasteiger partial charge in [0.25, 0.3) is 0 Å². The standard InChI is InChI=1S/C11H15NO2/c1-4-14-10-6-5-8(2)11(7-10)12-9(3)13/h5-7H,4H2,1-3H3,(H,12,13). The van der Waals surface area contributed by atoms with Gasteiger partial charge < -0.3 is 10.1 Å². The highest BCUT2D eigenvalue weighted by Gasteiger charge is 2.02. The molecule has 0 fully saturated rings. The first-order chi connectivity index (χ1) is 6.63. The maximum atomic E-state index is 10.9. The van der Waals surface area contributed by atoms with Gasteiger partial charge in [0.1, 0.15) is 5.75 Å². The summed E-state index contributed by atoms with van der Waals surface area (Å²) in [6.45, 7) is 5.99. The van der Waals surface area contributed by atoms with Crippen LogP contribution in [0.25, 0.3) is 0 Å². The molecule has 14 heavy (non-hydrogen) atoms. The van der Waals surface area contributed by atoms with Gasteiger partial charge in [0.2, 0.25) is 5.91 Å². The molecule has 3 heteroatoms. The smallest absolute Gasteiger partial charge is 0.221 e. The van der Waals surface area contributed by atoms with E-state index < -0.39 is 0 Å². The largest absolute Gasteiger partial charge is 0.494 e. The molecule has 0 unspecified atom stereocenters. The van der Waals surface area contributed by atoms with E-state index in [1.54, 1.807) is 0 Å². The summed E-state index contributed by atoms with van der Waals surface area (Å²) in [5, 5.41) is 2.75. The fourth-order valence-electron chi connectivity index (χ4n) is 1.18. The van der Waals surface area contributed by atoms with E-state index in [0.717, 1.165) is 17.0 Å². The van der Waals surface area contributed by atoms with Crippen molar-refractivity contribution in [3.63, 3.8) is 0 Å². The van der Waals surface area contributed by atoms with Crippen LogP contribution in [0.15, 0.2) is 18.2 Å². The van der Waals surface area contributed by atoms with Gasteiger partial charge >= 0.3 is 0 Å². The summed E-state index contributed by atoms with van der Waals surface area (Å²) in [6, 6.07) is 5.65. The second-order valence-electron chi connectivity index (χ2n) is 3.09. The molecule has 0 aromatic heterocycles. The molecule has 0 spiro atoms. The molecule has 0 aliphatic rings. The molecule has 1 amide bonds. The number of carbonyl (C=O) groups excluding carboxylic acids is 1. The number of benzene rings is 1. The molecule has 0 aliphatic carbocycles. The second-order valence-corrected chi connectivity index (χ2v) is 3.09. The normalized spacial score (nSPS) is 9.64. The number of nitrogens with one attached hydrogen (secondary N) is 1. The van der Waals surface area contributed by atoms with E-state index in [0.29, 0.717) is 6.61 Å². The van der Waals surface area contributed by atoms with Crippen molar-refractivity contribution in [2.75, 3.05) is 11.9 Å². The summed E-state index contributed by atoms with van der Waals surface area (Å²) in [6.07, 6.45) is 0. The van der Waals surface area contributed by atoms with Crippen molar-refractivity contribution in [3.8, 4) is 5.75 Å². The fraction of sp³-hybridized carbons (Fsp3) is 0.364. The molecule has 0 aliphatic heterocycles. The molecule has 0 radical (unpaired) electrons. The Balaban J connectivity index is 2.90. The van der Waals surface area contributed by atoms with Crippen LogP contribution < -0.4 is 10.1 Å². The maximum absolute atomic E-state index is 10.9. The van der Waals surface area contributed by atoms with Crippen molar-refractivity contribution in [3.05, 3.63) is 23.8 Å². The Labute approximate surface area is 84.1 Å². The Morgan fingerprint density at radius 2 is 2.21 bits per heavy atom. The zero-order valence-corrected chi connectivity index (χ0v) is 8.76. The quantitative estimate of drug-likeness (QED) is 0.800. The topological polar surface area (TPSA) is 38.3 Å². The second kappa shape index (κ2) is 4.65. The third-order valence-corrected chi connectivity index (χ3v) is 1.83.